The summed E-state index contributed by atoms with van der Waals surface area (Å²) < 4.78 is 0. The summed E-state index contributed by atoms with van der Waals surface area (Å²) in [6, 6.07) is 0. The molecule has 0 unspecified atom stereocenters. The number of carbonyl (C=O) groups is 1. The Morgan fingerprint density at radius 2 is 1.95 bits per heavy atom. The average molecular weight is 274 g/mol. The van der Waals surface area contributed by atoms with Crippen LogP contribution in [0.25, 0.3) is 0 Å². The second kappa shape index (κ2) is 4.43. The van der Waals surface area contributed by atoms with Gasteiger partial charge in [0, 0.05) is 11.8 Å². The molecule has 0 heterocycles. The third kappa shape index (κ3) is 1.70. The van der Waals surface area contributed by atoms with E-state index >= 15 is 0 Å². The molecule has 0 bridgehead atoms. The van der Waals surface area contributed by atoms with Crippen molar-refractivity contribution in [1.82, 2.24) is 0 Å². The summed E-state index contributed by atoms with van der Waals surface area (Å²) in [5.74, 6) is 3.49. The highest BCUT2D eigenvalue weighted by Crippen LogP contribution is 2.60. The Balaban J connectivity index is 1.63. The largest absolute Gasteiger partial charge is 0.389 e. The fraction of sp³-hybridized carbons (Fsp3) is 0.833. The van der Waals surface area contributed by atoms with Crippen LogP contribution in [0.5, 0.6) is 0 Å². The van der Waals surface area contributed by atoms with Gasteiger partial charge in [-0.15, -0.1) is 0 Å². The summed E-state index contributed by atoms with van der Waals surface area (Å²) in [4.78, 5) is 12.3. The van der Waals surface area contributed by atoms with Crippen LogP contribution in [0.3, 0.4) is 0 Å². The minimum Gasteiger partial charge on any atom is -0.389 e. The number of carbonyl (C=O) groups excluding carboxylic acids is 1. The molecule has 4 rings (SSSR count). The number of ketones is 1. The van der Waals surface area contributed by atoms with E-state index in [-0.39, 0.29) is 11.5 Å². The predicted octanol–water partition coefficient (Wildman–Crippen LogP) is 3.49. The van der Waals surface area contributed by atoms with Crippen molar-refractivity contribution < 1.29 is 9.90 Å². The van der Waals surface area contributed by atoms with E-state index in [9.17, 15) is 9.90 Å². The van der Waals surface area contributed by atoms with E-state index in [1.54, 1.807) is 0 Å². The zero-order valence-corrected chi connectivity index (χ0v) is 12.5. The first-order chi connectivity index (χ1) is 9.59. The van der Waals surface area contributed by atoms with Crippen molar-refractivity contribution in [3.63, 3.8) is 0 Å². The fourth-order valence-electron chi connectivity index (χ4n) is 6.08. The SMILES string of the molecule is C[C@]12CC[C@H]3[C@@H](CCC4=C[C@H](O)CC[C@@H]43)[C@@H]1CCC2=O. The number of aliphatic hydroxyl groups excluding tert-OH is 1. The highest BCUT2D eigenvalue weighted by atomic mass is 16.3. The molecule has 4 aliphatic carbocycles. The zero-order valence-electron chi connectivity index (χ0n) is 12.5. The molecule has 3 fully saturated rings. The van der Waals surface area contributed by atoms with Crippen molar-refractivity contribution in [3.05, 3.63) is 11.6 Å². The number of hydrogen-bond donors (Lipinski definition) is 1. The Morgan fingerprint density at radius 1 is 1.10 bits per heavy atom. The summed E-state index contributed by atoms with van der Waals surface area (Å²) >= 11 is 0. The molecule has 0 aromatic carbocycles. The molecule has 0 amide bonds. The highest BCUT2D eigenvalue weighted by molar-refractivity contribution is 5.87. The van der Waals surface area contributed by atoms with Gasteiger partial charge in [0.05, 0.1) is 6.10 Å². The molecule has 6 atom stereocenters. The molecule has 0 aromatic rings. The second-order valence-corrected chi connectivity index (χ2v) is 7.88. The Bertz CT molecular complexity index is 466. The zero-order chi connectivity index (χ0) is 13.9. The minimum atomic E-state index is -0.195. The summed E-state index contributed by atoms with van der Waals surface area (Å²) in [5, 5.41) is 9.85. The van der Waals surface area contributed by atoms with Gasteiger partial charge in [-0.05, 0) is 68.6 Å². The third-order valence-corrected chi connectivity index (χ3v) is 7.14. The van der Waals surface area contributed by atoms with Crippen LogP contribution in [0.4, 0.5) is 0 Å². The molecule has 20 heavy (non-hydrogen) atoms. The van der Waals surface area contributed by atoms with Crippen molar-refractivity contribution in [2.24, 2.45) is 29.1 Å². The first-order valence-electron chi connectivity index (χ1n) is 8.51. The lowest BCUT2D eigenvalue weighted by Gasteiger charge is -2.52. The molecule has 1 N–H and O–H groups in total. The minimum absolute atomic E-state index is 0.0105. The topological polar surface area (TPSA) is 37.3 Å². The van der Waals surface area contributed by atoms with E-state index in [2.05, 4.69) is 13.0 Å². The summed E-state index contributed by atoms with van der Waals surface area (Å²) in [5.41, 5.74) is 1.55. The molecule has 0 saturated heterocycles. The van der Waals surface area contributed by atoms with E-state index in [4.69, 9.17) is 0 Å². The summed E-state index contributed by atoms with van der Waals surface area (Å²) in [6.07, 6.45) is 10.8. The van der Waals surface area contributed by atoms with Gasteiger partial charge in [0.15, 0.2) is 0 Å². The Labute approximate surface area is 121 Å². The Hall–Kier alpha value is -0.630. The lowest BCUT2D eigenvalue weighted by atomic mass is 9.52. The molecule has 0 aromatic heterocycles. The molecule has 2 heteroatoms. The van der Waals surface area contributed by atoms with Gasteiger partial charge in [0.1, 0.15) is 5.78 Å². The van der Waals surface area contributed by atoms with E-state index in [1.165, 1.54) is 31.3 Å². The first-order valence-corrected chi connectivity index (χ1v) is 8.51. The van der Waals surface area contributed by atoms with E-state index in [0.717, 1.165) is 43.4 Å². The molecular formula is C18H26O2. The third-order valence-electron chi connectivity index (χ3n) is 7.14. The maximum Gasteiger partial charge on any atom is 0.139 e. The lowest BCUT2D eigenvalue weighted by Crippen LogP contribution is -2.46. The second-order valence-electron chi connectivity index (χ2n) is 7.88. The van der Waals surface area contributed by atoms with E-state index in [0.29, 0.717) is 11.7 Å². The summed E-state index contributed by atoms with van der Waals surface area (Å²) in [7, 11) is 0. The molecule has 4 aliphatic rings. The lowest BCUT2D eigenvalue weighted by molar-refractivity contribution is -0.131. The van der Waals surface area contributed by atoms with Gasteiger partial charge in [0.25, 0.3) is 0 Å². The number of fused-ring (bicyclic) bond motifs is 5. The maximum absolute atomic E-state index is 12.3. The molecule has 3 saturated carbocycles. The van der Waals surface area contributed by atoms with Gasteiger partial charge >= 0.3 is 0 Å². The monoisotopic (exact) mass is 274 g/mol. The van der Waals surface area contributed by atoms with Crippen LogP contribution in [-0.4, -0.2) is 17.0 Å². The average Bonchev–Trinajstić information content (AvgIpc) is 2.74. The molecule has 0 spiro atoms. The molecule has 110 valence electrons. The van der Waals surface area contributed by atoms with Gasteiger partial charge in [-0.3, -0.25) is 4.79 Å². The van der Waals surface area contributed by atoms with Crippen molar-refractivity contribution in [1.29, 1.82) is 0 Å². The van der Waals surface area contributed by atoms with Gasteiger partial charge in [0.2, 0.25) is 0 Å². The fourth-order valence-corrected chi connectivity index (χ4v) is 6.08. The number of Topliss-reactive ketones (excluding diaryl/α,β-unsaturated/α-hetero) is 1. The standard InChI is InChI=1S/C18H26O2/c1-18-9-8-14-13-5-3-12(19)10-11(13)2-4-15(14)16(18)6-7-17(18)20/h10,12-16,19H,2-9H2,1H3/t12-,13+,14-,15-,16+,18+/m1/s1. The molecule has 0 aliphatic heterocycles. The van der Waals surface area contributed by atoms with Crippen LogP contribution < -0.4 is 0 Å². The maximum atomic E-state index is 12.3. The number of hydrogen-bond acceptors (Lipinski definition) is 2. The van der Waals surface area contributed by atoms with Crippen LogP contribution in [0, 0.1) is 29.1 Å². The van der Waals surface area contributed by atoms with Gasteiger partial charge in [-0.2, -0.15) is 0 Å². The van der Waals surface area contributed by atoms with Crippen LogP contribution in [-0.2, 0) is 4.79 Å². The summed E-state index contributed by atoms with van der Waals surface area (Å²) in [6.45, 7) is 2.25. The predicted molar refractivity (Wildman–Crippen MR) is 78.1 cm³/mol. The van der Waals surface area contributed by atoms with Crippen molar-refractivity contribution >= 4 is 5.78 Å². The van der Waals surface area contributed by atoms with Crippen LogP contribution in [0.1, 0.15) is 58.3 Å². The van der Waals surface area contributed by atoms with Crippen molar-refractivity contribution in [2.75, 3.05) is 0 Å². The normalized spacial score (nSPS) is 51.0. The van der Waals surface area contributed by atoms with E-state index in [1.807, 2.05) is 0 Å². The van der Waals surface area contributed by atoms with Gasteiger partial charge in [-0.25, -0.2) is 0 Å². The molecule has 2 nitrogen and oxygen atoms in total. The number of allylic oxidation sites excluding steroid dienone is 1. The van der Waals surface area contributed by atoms with Gasteiger partial charge in [-0.1, -0.05) is 18.6 Å². The van der Waals surface area contributed by atoms with Crippen LogP contribution in [0.2, 0.25) is 0 Å². The quantitative estimate of drug-likeness (QED) is 0.687. The number of aliphatic hydroxyl groups is 1. The molecular weight excluding hydrogens is 248 g/mol. The Morgan fingerprint density at radius 3 is 2.80 bits per heavy atom. The van der Waals surface area contributed by atoms with Crippen molar-refractivity contribution in [3.8, 4) is 0 Å². The highest BCUT2D eigenvalue weighted by Gasteiger charge is 2.55. The smallest absolute Gasteiger partial charge is 0.139 e. The number of rotatable bonds is 0. The van der Waals surface area contributed by atoms with Gasteiger partial charge < -0.3 is 5.11 Å². The van der Waals surface area contributed by atoms with Crippen LogP contribution >= 0.6 is 0 Å². The Kier molecular flexibility index (Phi) is 2.89. The van der Waals surface area contributed by atoms with Crippen molar-refractivity contribution in [2.45, 2.75) is 64.4 Å². The first kappa shape index (κ1) is 13.1. The van der Waals surface area contributed by atoms with Crippen LogP contribution in [0.15, 0.2) is 11.6 Å². The molecule has 0 radical (unpaired) electrons. The van der Waals surface area contributed by atoms with E-state index < -0.39 is 0 Å².